The maximum atomic E-state index is 10.2. The van der Waals surface area contributed by atoms with Crippen molar-refractivity contribution in [3.8, 4) is 0 Å². The van der Waals surface area contributed by atoms with Crippen LogP contribution in [0.15, 0.2) is 0 Å². The van der Waals surface area contributed by atoms with Crippen molar-refractivity contribution in [2.75, 3.05) is 28.4 Å². The molecule has 0 unspecified atom stereocenters. The second-order valence-corrected chi connectivity index (χ2v) is 8.77. The van der Waals surface area contributed by atoms with Crippen LogP contribution < -0.4 is 0 Å². The first-order chi connectivity index (χ1) is 15.3. The Morgan fingerprint density at radius 2 is 0.969 bits per heavy atom. The van der Waals surface area contributed by atoms with Crippen molar-refractivity contribution < 1.29 is 47.7 Å². The SMILES string of the molecule is CO[C@@H]1C[C@H](OC)[C@@H](O[C@H]2C[C@H](OC)[C@H](O[C@H]3C[C@@H](OC)[C@@H](O)[C@@H](C)O3)[C@@H](C)O2)[C@@H](C)O1. The van der Waals surface area contributed by atoms with E-state index in [0.717, 1.165) is 0 Å². The highest BCUT2D eigenvalue weighted by molar-refractivity contribution is 4.89. The molecule has 0 aromatic rings. The molecule has 0 radical (unpaired) electrons. The van der Waals surface area contributed by atoms with Crippen LogP contribution in [0.5, 0.6) is 0 Å². The monoisotopic (exact) mass is 464 g/mol. The van der Waals surface area contributed by atoms with Crippen molar-refractivity contribution in [2.45, 2.75) is 114 Å². The van der Waals surface area contributed by atoms with E-state index in [1.165, 1.54) is 0 Å². The summed E-state index contributed by atoms with van der Waals surface area (Å²) in [6, 6.07) is 0. The number of hydrogen-bond donors (Lipinski definition) is 1. The van der Waals surface area contributed by atoms with Gasteiger partial charge in [-0.25, -0.2) is 0 Å². The van der Waals surface area contributed by atoms with Crippen LogP contribution in [0.3, 0.4) is 0 Å². The third-order valence-electron chi connectivity index (χ3n) is 6.68. The summed E-state index contributed by atoms with van der Waals surface area (Å²) in [4.78, 5) is 0. The lowest BCUT2D eigenvalue weighted by Crippen LogP contribution is -2.56. The lowest BCUT2D eigenvalue weighted by Gasteiger charge is -2.45. The molecule has 0 aromatic carbocycles. The third kappa shape index (κ3) is 5.99. The van der Waals surface area contributed by atoms with Gasteiger partial charge in [0.2, 0.25) is 0 Å². The molecule has 0 spiro atoms. The molecule has 188 valence electrons. The Kier molecular flexibility index (Phi) is 9.69. The fraction of sp³-hybridized carbons (Fsp3) is 1.00. The van der Waals surface area contributed by atoms with Gasteiger partial charge in [-0.3, -0.25) is 0 Å². The maximum Gasteiger partial charge on any atom is 0.161 e. The Hall–Kier alpha value is -0.400. The van der Waals surface area contributed by atoms with Crippen molar-refractivity contribution in [3.05, 3.63) is 0 Å². The van der Waals surface area contributed by atoms with Crippen LogP contribution in [0.2, 0.25) is 0 Å². The van der Waals surface area contributed by atoms with Gasteiger partial charge in [-0.15, -0.1) is 0 Å². The molecule has 3 aliphatic heterocycles. The Balaban J connectivity index is 1.60. The minimum atomic E-state index is -0.693. The van der Waals surface area contributed by atoms with Crippen LogP contribution in [0.4, 0.5) is 0 Å². The van der Waals surface area contributed by atoms with Crippen LogP contribution >= 0.6 is 0 Å². The molecule has 3 heterocycles. The topological polar surface area (TPSA) is 103 Å². The molecule has 12 atom stereocenters. The zero-order chi connectivity index (χ0) is 23.4. The molecule has 0 bridgehead atoms. The number of hydrogen-bond acceptors (Lipinski definition) is 10. The van der Waals surface area contributed by atoms with Crippen molar-refractivity contribution >= 4 is 0 Å². The maximum absolute atomic E-state index is 10.2. The molecule has 10 heteroatoms. The minimum absolute atomic E-state index is 0.174. The van der Waals surface area contributed by atoms with E-state index in [1.807, 2.05) is 13.8 Å². The summed E-state index contributed by atoms with van der Waals surface area (Å²) in [6.07, 6.45) is -2.93. The lowest BCUT2D eigenvalue weighted by atomic mass is 9.99. The van der Waals surface area contributed by atoms with Gasteiger partial charge in [-0.1, -0.05) is 0 Å². The smallest absolute Gasteiger partial charge is 0.161 e. The first-order valence-corrected chi connectivity index (χ1v) is 11.4. The quantitative estimate of drug-likeness (QED) is 0.564. The standard InChI is InChI=1S/C22H40O10/c1-11-20(23)14(24-4)8-18(28-11)31-22-13(3)30-19(10-16(22)26-6)32-21-12(2)29-17(27-7)9-15(21)25-5/h11-23H,8-10H2,1-7H3/t11-,12-,13-,14-,15+,16+,17+,18+,19+,20+,21+,22-/m1/s1. The van der Waals surface area contributed by atoms with Gasteiger partial charge in [0.1, 0.15) is 18.3 Å². The molecule has 0 saturated carbocycles. The van der Waals surface area contributed by atoms with E-state index < -0.39 is 24.8 Å². The highest BCUT2D eigenvalue weighted by atomic mass is 16.7. The van der Waals surface area contributed by atoms with Gasteiger partial charge in [0.15, 0.2) is 18.9 Å². The van der Waals surface area contributed by atoms with Crippen LogP contribution in [0.25, 0.3) is 0 Å². The predicted octanol–water partition coefficient (Wildman–Crippen LogP) is 1.21. The highest BCUT2D eigenvalue weighted by Gasteiger charge is 2.45. The average Bonchev–Trinajstić information content (AvgIpc) is 2.78. The molecule has 3 fully saturated rings. The number of ether oxygens (including phenoxy) is 9. The Labute approximate surface area is 190 Å². The zero-order valence-corrected chi connectivity index (χ0v) is 20.2. The van der Waals surface area contributed by atoms with Crippen LogP contribution in [-0.2, 0) is 42.6 Å². The number of rotatable bonds is 8. The number of aliphatic hydroxyl groups is 1. The van der Waals surface area contributed by atoms with E-state index in [4.69, 9.17) is 42.6 Å². The second-order valence-electron chi connectivity index (χ2n) is 8.77. The van der Waals surface area contributed by atoms with Crippen molar-refractivity contribution in [2.24, 2.45) is 0 Å². The summed E-state index contributed by atoms with van der Waals surface area (Å²) >= 11 is 0. The third-order valence-corrected chi connectivity index (χ3v) is 6.68. The normalized spacial score (nSPS) is 48.0. The average molecular weight is 465 g/mol. The molecular weight excluding hydrogens is 424 g/mol. The minimum Gasteiger partial charge on any atom is -0.388 e. The van der Waals surface area contributed by atoms with Crippen molar-refractivity contribution in [1.29, 1.82) is 0 Å². The molecule has 10 nitrogen and oxygen atoms in total. The van der Waals surface area contributed by atoms with Gasteiger partial charge < -0.3 is 47.7 Å². The van der Waals surface area contributed by atoms with Crippen LogP contribution in [0.1, 0.15) is 40.0 Å². The van der Waals surface area contributed by atoms with Gasteiger partial charge in [0.05, 0.1) is 36.6 Å². The largest absolute Gasteiger partial charge is 0.388 e. The fourth-order valence-corrected chi connectivity index (χ4v) is 4.77. The summed E-state index contributed by atoms with van der Waals surface area (Å²) in [5, 5.41) is 10.2. The van der Waals surface area contributed by atoms with E-state index in [-0.39, 0.29) is 49.0 Å². The Morgan fingerprint density at radius 1 is 0.562 bits per heavy atom. The van der Waals surface area contributed by atoms with Gasteiger partial charge in [0.25, 0.3) is 0 Å². The number of aliphatic hydroxyl groups excluding tert-OH is 1. The summed E-state index contributed by atoms with van der Waals surface area (Å²) in [5.74, 6) is 0. The first-order valence-electron chi connectivity index (χ1n) is 11.4. The molecule has 0 amide bonds. The van der Waals surface area contributed by atoms with Crippen LogP contribution in [-0.4, -0.2) is 107 Å². The molecule has 1 N–H and O–H groups in total. The Bertz CT molecular complexity index is 565. The van der Waals surface area contributed by atoms with Gasteiger partial charge in [-0.2, -0.15) is 0 Å². The number of methoxy groups -OCH3 is 4. The first kappa shape index (κ1) is 26.2. The molecule has 3 saturated heterocycles. The van der Waals surface area contributed by atoms with E-state index >= 15 is 0 Å². The Morgan fingerprint density at radius 3 is 1.44 bits per heavy atom. The van der Waals surface area contributed by atoms with Gasteiger partial charge in [-0.05, 0) is 20.8 Å². The predicted molar refractivity (Wildman–Crippen MR) is 112 cm³/mol. The van der Waals surface area contributed by atoms with Gasteiger partial charge >= 0.3 is 0 Å². The van der Waals surface area contributed by atoms with E-state index in [2.05, 4.69) is 0 Å². The molecule has 0 aromatic heterocycles. The molecule has 0 aliphatic carbocycles. The summed E-state index contributed by atoms with van der Waals surface area (Å²) < 4.78 is 52.6. The van der Waals surface area contributed by atoms with E-state index in [0.29, 0.717) is 19.3 Å². The molecule has 32 heavy (non-hydrogen) atoms. The zero-order valence-electron chi connectivity index (χ0n) is 20.2. The van der Waals surface area contributed by atoms with E-state index in [9.17, 15) is 5.11 Å². The molecular formula is C22H40O10. The molecule has 3 aliphatic rings. The fourth-order valence-electron chi connectivity index (χ4n) is 4.77. The van der Waals surface area contributed by atoms with Crippen molar-refractivity contribution in [1.82, 2.24) is 0 Å². The summed E-state index contributed by atoms with van der Waals surface area (Å²) in [6.45, 7) is 5.67. The lowest BCUT2D eigenvalue weighted by molar-refractivity contribution is -0.335. The summed E-state index contributed by atoms with van der Waals surface area (Å²) in [5.41, 5.74) is 0. The second kappa shape index (κ2) is 11.8. The molecule has 3 rings (SSSR count). The van der Waals surface area contributed by atoms with Crippen molar-refractivity contribution in [3.63, 3.8) is 0 Å². The van der Waals surface area contributed by atoms with Crippen LogP contribution in [0, 0.1) is 0 Å². The van der Waals surface area contributed by atoms with Gasteiger partial charge in [0, 0.05) is 47.7 Å². The highest BCUT2D eigenvalue weighted by Crippen LogP contribution is 2.33. The summed E-state index contributed by atoms with van der Waals surface area (Å²) in [7, 11) is 6.50. The van der Waals surface area contributed by atoms with E-state index in [1.54, 1.807) is 35.4 Å².